The minimum absolute atomic E-state index is 0.563. The Hall–Kier alpha value is -0.570. The number of halogens is 2. The van der Waals surface area contributed by atoms with Crippen molar-refractivity contribution in [3.63, 3.8) is 0 Å². The van der Waals surface area contributed by atoms with Gasteiger partial charge in [-0.1, -0.05) is 29.3 Å². The first-order valence-electron chi connectivity index (χ1n) is 3.54. The molecule has 0 bridgehead atoms. The van der Waals surface area contributed by atoms with Crippen molar-refractivity contribution in [2.24, 2.45) is 0 Å². The smallest absolute Gasteiger partial charge is 0.152 e. The Morgan fingerprint density at radius 1 is 1.23 bits per heavy atom. The number of thiazole rings is 1. The highest BCUT2D eigenvalue weighted by Gasteiger charge is 2.02. The molecule has 1 aromatic heterocycles. The summed E-state index contributed by atoms with van der Waals surface area (Å²) in [7, 11) is 0. The van der Waals surface area contributed by atoms with Crippen molar-refractivity contribution in [2.45, 2.75) is 0 Å². The van der Waals surface area contributed by atoms with Gasteiger partial charge in [-0.3, -0.25) is 0 Å². The van der Waals surface area contributed by atoms with Crippen LogP contribution < -0.4 is 0 Å². The maximum absolute atomic E-state index is 5.87. The minimum Gasteiger partial charge on any atom is -0.241 e. The Labute approximate surface area is 90.0 Å². The Balaban J connectivity index is 2.49. The van der Waals surface area contributed by atoms with Crippen LogP contribution in [0.4, 0.5) is 0 Å². The Morgan fingerprint density at radius 2 is 2.08 bits per heavy atom. The van der Waals surface area contributed by atoms with Crippen molar-refractivity contribution in [1.29, 1.82) is 0 Å². The monoisotopic (exact) mass is 228 g/mol. The van der Waals surface area contributed by atoms with Gasteiger partial charge in [0.2, 0.25) is 0 Å². The summed E-state index contributed by atoms with van der Waals surface area (Å²) in [5, 5.41) is 1.13. The Kier molecular flexibility index (Phi) is 2.54. The Bertz CT molecular complexity index is 412. The molecular formula is C9H4Cl2NS. The lowest BCUT2D eigenvalue weighted by Gasteiger charge is -1.98. The van der Waals surface area contributed by atoms with Gasteiger partial charge in [-0.25, -0.2) is 4.98 Å². The topological polar surface area (TPSA) is 12.9 Å². The van der Waals surface area contributed by atoms with E-state index >= 15 is 0 Å². The lowest BCUT2D eigenvalue weighted by Crippen LogP contribution is -1.73. The van der Waals surface area contributed by atoms with Crippen molar-refractivity contribution in [1.82, 2.24) is 4.98 Å². The standard InChI is InChI=1S/C9H4Cl2NS/c10-7-2-1-6(3-8(7)11)9-4-12-5-13-9/h1-4H. The molecular weight excluding hydrogens is 225 g/mol. The van der Waals surface area contributed by atoms with Gasteiger partial charge in [-0.05, 0) is 17.7 Å². The number of nitrogens with zero attached hydrogens (tertiary/aromatic N) is 1. The first kappa shape index (κ1) is 9.00. The second kappa shape index (κ2) is 3.66. The Morgan fingerprint density at radius 3 is 2.69 bits per heavy atom. The average molecular weight is 229 g/mol. The van der Waals surface area contributed by atoms with Gasteiger partial charge in [0, 0.05) is 6.20 Å². The van der Waals surface area contributed by atoms with E-state index in [0.717, 1.165) is 10.4 Å². The normalized spacial score (nSPS) is 10.3. The second-order valence-corrected chi connectivity index (χ2v) is 4.09. The van der Waals surface area contributed by atoms with E-state index in [-0.39, 0.29) is 0 Å². The zero-order valence-electron chi connectivity index (χ0n) is 6.42. The molecule has 0 fully saturated rings. The molecule has 1 radical (unpaired) electrons. The van der Waals surface area contributed by atoms with Crippen LogP contribution >= 0.6 is 34.5 Å². The van der Waals surface area contributed by atoms with Crippen LogP contribution in [0, 0.1) is 5.51 Å². The van der Waals surface area contributed by atoms with Crippen molar-refractivity contribution >= 4 is 34.5 Å². The molecule has 0 saturated heterocycles. The molecule has 0 aliphatic carbocycles. The van der Waals surface area contributed by atoms with Gasteiger partial charge in [0.05, 0.1) is 14.9 Å². The van der Waals surface area contributed by atoms with Gasteiger partial charge in [-0.2, -0.15) is 0 Å². The molecule has 65 valence electrons. The summed E-state index contributed by atoms with van der Waals surface area (Å²) in [6.45, 7) is 0. The molecule has 13 heavy (non-hydrogen) atoms. The molecule has 4 heteroatoms. The first-order chi connectivity index (χ1) is 6.27. The molecule has 0 saturated carbocycles. The number of rotatable bonds is 1. The van der Waals surface area contributed by atoms with Gasteiger partial charge in [0.1, 0.15) is 0 Å². The van der Waals surface area contributed by atoms with Crippen molar-refractivity contribution < 1.29 is 0 Å². The molecule has 0 spiro atoms. The third kappa shape index (κ3) is 1.85. The molecule has 2 aromatic rings. The van der Waals surface area contributed by atoms with E-state index in [1.54, 1.807) is 12.3 Å². The fourth-order valence-corrected chi connectivity index (χ4v) is 1.82. The molecule has 0 aliphatic rings. The highest BCUT2D eigenvalue weighted by atomic mass is 35.5. The number of hydrogen-bond acceptors (Lipinski definition) is 2. The van der Waals surface area contributed by atoms with Crippen LogP contribution in [0.3, 0.4) is 0 Å². The van der Waals surface area contributed by atoms with Crippen LogP contribution in [0.15, 0.2) is 24.4 Å². The highest BCUT2D eigenvalue weighted by Crippen LogP contribution is 2.29. The molecule has 1 heterocycles. The van der Waals surface area contributed by atoms with Gasteiger partial charge >= 0.3 is 0 Å². The number of benzene rings is 1. The number of hydrogen-bond donors (Lipinski definition) is 0. The van der Waals surface area contributed by atoms with Crippen LogP contribution in [0.5, 0.6) is 0 Å². The lowest BCUT2D eigenvalue weighted by atomic mass is 10.2. The molecule has 0 atom stereocenters. The van der Waals surface area contributed by atoms with Gasteiger partial charge in [0.15, 0.2) is 5.51 Å². The fourth-order valence-electron chi connectivity index (χ4n) is 0.970. The van der Waals surface area contributed by atoms with E-state index in [4.69, 9.17) is 23.2 Å². The van der Waals surface area contributed by atoms with Crippen LogP contribution in [0.2, 0.25) is 10.0 Å². The number of aromatic nitrogens is 1. The molecule has 1 nitrogen and oxygen atoms in total. The quantitative estimate of drug-likeness (QED) is 0.722. The van der Waals surface area contributed by atoms with Crippen molar-refractivity contribution in [2.75, 3.05) is 0 Å². The summed E-state index contributed by atoms with van der Waals surface area (Å²) in [5.41, 5.74) is 3.80. The van der Waals surface area contributed by atoms with Crippen molar-refractivity contribution in [3.8, 4) is 10.4 Å². The summed E-state index contributed by atoms with van der Waals surface area (Å²) in [5.74, 6) is 0. The van der Waals surface area contributed by atoms with E-state index in [0.29, 0.717) is 10.0 Å². The van der Waals surface area contributed by atoms with E-state index in [2.05, 4.69) is 10.5 Å². The van der Waals surface area contributed by atoms with E-state index < -0.39 is 0 Å². The van der Waals surface area contributed by atoms with Gasteiger partial charge in [0.25, 0.3) is 0 Å². The van der Waals surface area contributed by atoms with Crippen LogP contribution in [-0.2, 0) is 0 Å². The van der Waals surface area contributed by atoms with Gasteiger partial charge < -0.3 is 0 Å². The summed E-state index contributed by atoms with van der Waals surface area (Å²) < 4.78 is 0. The van der Waals surface area contributed by atoms with Crippen molar-refractivity contribution in [3.05, 3.63) is 40.0 Å². The van der Waals surface area contributed by atoms with E-state index in [9.17, 15) is 0 Å². The van der Waals surface area contributed by atoms with E-state index in [1.165, 1.54) is 11.3 Å². The summed E-state index contributed by atoms with van der Waals surface area (Å²) in [4.78, 5) is 4.91. The molecule has 1 aromatic carbocycles. The van der Waals surface area contributed by atoms with E-state index in [1.807, 2.05) is 12.1 Å². The predicted octanol–water partition coefficient (Wildman–Crippen LogP) is 3.92. The molecule has 0 unspecified atom stereocenters. The fraction of sp³-hybridized carbons (Fsp3) is 0. The molecule has 0 amide bonds. The minimum atomic E-state index is 0.563. The first-order valence-corrected chi connectivity index (χ1v) is 5.12. The SMILES string of the molecule is Clc1ccc(-c2cn[c]s2)cc1Cl. The maximum Gasteiger partial charge on any atom is 0.152 e. The van der Waals surface area contributed by atoms with Crippen LogP contribution in [-0.4, -0.2) is 4.98 Å². The van der Waals surface area contributed by atoms with Crippen LogP contribution in [0.1, 0.15) is 0 Å². The summed E-state index contributed by atoms with van der Waals surface area (Å²) in [6, 6.07) is 5.51. The lowest BCUT2D eigenvalue weighted by molar-refractivity contribution is 1.41. The third-order valence-corrected chi connectivity index (χ3v) is 3.09. The summed E-state index contributed by atoms with van der Waals surface area (Å²) in [6.07, 6.45) is 1.75. The van der Waals surface area contributed by atoms with Crippen LogP contribution in [0.25, 0.3) is 10.4 Å². The molecule has 2 rings (SSSR count). The highest BCUT2D eigenvalue weighted by molar-refractivity contribution is 7.12. The average Bonchev–Trinajstić information content (AvgIpc) is 2.62. The largest absolute Gasteiger partial charge is 0.241 e. The second-order valence-electron chi connectivity index (χ2n) is 2.44. The molecule has 0 aliphatic heterocycles. The zero-order valence-corrected chi connectivity index (χ0v) is 8.75. The molecule has 0 N–H and O–H groups in total. The maximum atomic E-state index is 5.87. The predicted molar refractivity (Wildman–Crippen MR) is 56.4 cm³/mol. The van der Waals surface area contributed by atoms with Gasteiger partial charge in [-0.15, -0.1) is 11.3 Å². The third-order valence-electron chi connectivity index (χ3n) is 1.59. The zero-order chi connectivity index (χ0) is 9.26. The summed E-state index contributed by atoms with van der Waals surface area (Å²) >= 11 is 13.1.